The van der Waals surface area contributed by atoms with Gasteiger partial charge in [-0.25, -0.2) is 14.6 Å². The van der Waals surface area contributed by atoms with Crippen molar-refractivity contribution in [3.63, 3.8) is 0 Å². The lowest BCUT2D eigenvalue weighted by molar-refractivity contribution is -0.134. The van der Waals surface area contributed by atoms with Crippen LogP contribution in [0, 0.1) is 0 Å². The number of carboxylic acids is 2. The van der Waals surface area contributed by atoms with Crippen molar-refractivity contribution < 1.29 is 43.6 Å². The minimum absolute atomic E-state index is 0.0948. The molecule has 3 aromatic carbocycles. The highest BCUT2D eigenvalue weighted by molar-refractivity contribution is 6.42. The second kappa shape index (κ2) is 18.8. The van der Waals surface area contributed by atoms with Gasteiger partial charge in [-0.2, -0.15) is 0 Å². The lowest BCUT2D eigenvalue weighted by Gasteiger charge is -2.35. The highest BCUT2D eigenvalue weighted by atomic mass is 35.5. The number of carbonyl (C=O) groups excluding carboxylic acids is 2. The number of hydrogen-bond donors (Lipinski definition) is 3. The number of nitrogens with zero attached hydrogens (tertiary/aromatic N) is 4. The summed E-state index contributed by atoms with van der Waals surface area (Å²) >= 11 is 11.9. The van der Waals surface area contributed by atoms with E-state index in [-0.39, 0.29) is 18.4 Å². The molecule has 0 unspecified atom stereocenters. The van der Waals surface area contributed by atoms with Gasteiger partial charge >= 0.3 is 11.9 Å². The van der Waals surface area contributed by atoms with Crippen LogP contribution in [0.25, 0.3) is 0 Å². The zero-order valence-corrected chi connectivity index (χ0v) is 30.6. The number of carbonyl (C=O) groups is 4. The monoisotopic (exact) mass is 777 g/mol. The van der Waals surface area contributed by atoms with Gasteiger partial charge in [0.1, 0.15) is 19.0 Å². The highest BCUT2D eigenvalue weighted by Gasteiger charge is 2.23. The SMILES string of the molecule is CN(CC(=O)N1CCN(Cc2ccc3c(c2)OCCO3)CC1)c1ccc(Oc2ccc(NC(=O)c3ccc(Cl)c(Cl)c3)cn2)cc1.O=C(O)C=CC(=O)O. The maximum absolute atomic E-state index is 13.1. The van der Waals surface area contributed by atoms with Gasteiger partial charge in [0.25, 0.3) is 5.91 Å². The van der Waals surface area contributed by atoms with E-state index in [1.807, 2.05) is 53.2 Å². The predicted molar refractivity (Wildman–Crippen MR) is 202 cm³/mol. The second-order valence-electron chi connectivity index (χ2n) is 12.1. The maximum atomic E-state index is 13.1. The molecule has 2 aliphatic heterocycles. The molecule has 1 saturated heterocycles. The molecule has 282 valence electrons. The summed E-state index contributed by atoms with van der Waals surface area (Å²) in [6.07, 6.45) is 2.63. The molecule has 2 amide bonds. The Morgan fingerprint density at radius 1 is 0.852 bits per heavy atom. The van der Waals surface area contributed by atoms with Crippen LogP contribution in [0.1, 0.15) is 15.9 Å². The minimum Gasteiger partial charge on any atom is -0.486 e. The number of aromatic nitrogens is 1. The van der Waals surface area contributed by atoms with Crippen molar-refractivity contribution in [2.75, 3.05) is 63.2 Å². The zero-order chi connectivity index (χ0) is 38.6. The molecule has 3 N–H and O–H groups in total. The van der Waals surface area contributed by atoms with Gasteiger partial charge in [0.05, 0.1) is 28.5 Å². The fraction of sp³-hybridized carbons (Fsp3) is 0.237. The van der Waals surface area contributed by atoms with E-state index in [1.165, 1.54) is 17.8 Å². The van der Waals surface area contributed by atoms with Crippen LogP contribution in [-0.2, 0) is 20.9 Å². The Bertz CT molecular complexity index is 1970. The average Bonchev–Trinajstić information content (AvgIpc) is 3.16. The first kappa shape index (κ1) is 39.4. The Hall–Kier alpha value is -5.83. The molecule has 0 spiro atoms. The molecule has 0 bridgehead atoms. The molecular formula is C38H37Cl2N5O9. The summed E-state index contributed by atoms with van der Waals surface area (Å²) < 4.78 is 17.2. The van der Waals surface area contributed by atoms with Crippen molar-refractivity contribution in [3.8, 4) is 23.1 Å². The third-order valence-corrected chi connectivity index (χ3v) is 8.89. The second-order valence-corrected chi connectivity index (χ2v) is 12.9. The standard InChI is InChI=1S/C34H33Cl2N5O5.C4H4O4/c1-39(22-33(42)41-14-12-40(13-15-41)21-23-2-10-30-31(18-23)45-17-16-44-30)26-5-7-27(8-6-26)46-32-11-4-25(20-37-32)38-34(43)24-3-9-28(35)29(36)19-24;5-3(6)1-2-4(7)8/h2-11,18-20H,12-17,21-22H2,1H3,(H,38,43);1-2H,(H,5,6)(H,7,8). The Balaban J connectivity index is 0.000000631. The lowest BCUT2D eigenvalue weighted by atomic mass is 10.1. The van der Waals surface area contributed by atoms with Crippen LogP contribution in [0.3, 0.4) is 0 Å². The molecule has 1 fully saturated rings. The van der Waals surface area contributed by atoms with E-state index >= 15 is 0 Å². The van der Waals surface area contributed by atoms with E-state index in [0.717, 1.165) is 36.8 Å². The Morgan fingerprint density at radius 3 is 2.17 bits per heavy atom. The first-order chi connectivity index (χ1) is 25.9. The number of hydrogen-bond acceptors (Lipinski definition) is 10. The summed E-state index contributed by atoms with van der Waals surface area (Å²) in [5.74, 6) is -0.185. The molecule has 6 rings (SSSR count). The zero-order valence-electron chi connectivity index (χ0n) is 29.1. The topological polar surface area (TPSA) is 171 Å². The number of aliphatic carboxylic acids is 2. The molecule has 0 atom stereocenters. The van der Waals surface area contributed by atoms with Crippen molar-refractivity contribution >= 4 is 58.3 Å². The summed E-state index contributed by atoms with van der Waals surface area (Å²) in [6.45, 7) is 5.25. The van der Waals surface area contributed by atoms with Gasteiger partial charge in [0.2, 0.25) is 11.8 Å². The van der Waals surface area contributed by atoms with Crippen LogP contribution >= 0.6 is 23.2 Å². The van der Waals surface area contributed by atoms with Crippen molar-refractivity contribution in [1.82, 2.24) is 14.8 Å². The van der Waals surface area contributed by atoms with E-state index in [0.29, 0.717) is 71.4 Å². The van der Waals surface area contributed by atoms with Crippen LogP contribution in [-0.4, -0.2) is 102 Å². The number of anilines is 2. The van der Waals surface area contributed by atoms with Crippen molar-refractivity contribution in [2.24, 2.45) is 0 Å². The smallest absolute Gasteiger partial charge is 0.328 e. The number of piperazine rings is 1. The number of ether oxygens (including phenoxy) is 3. The number of nitrogens with one attached hydrogen (secondary N) is 1. The van der Waals surface area contributed by atoms with Gasteiger partial charge < -0.3 is 39.5 Å². The minimum atomic E-state index is -1.26. The van der Waals surface area contributed by atoms with Crippen molar-refractivity contribution in [3.05, 3.63) is 112 Å². The first-order valence-electron chi connectivity index (χ1n) is 16.7. The summed E-state index contributed by atoms with van der Waals surface area (Å²) in [5.41, 5.74) is 2.96. The number of amides is 2. The molecule has 0 aliphatic carbocycles. The average molecular weight is 779 g/mol. The number of pyridine rings is 1. The van der Waals surface area contributed by atoms with E-state index < -0.39 is 11.9 Å². The largest absolute Gasteiger partial charge is 0.486 e. The van der Waals surface area contributed by atoms with Crippen LogP contribution in [0.15, 0.2) is 91.1 Å². The van der Waals surface area contributed by atoms with Gasteiger partial charge in [0.15, 0.2) is 11.5 Å². The summed E-state index contributed by atoms with van der Waals surface area (Å²) in [6, 6.07) is 21.6. The Morgan fingerprint density at radius 2 is 1.54 bits per heavy atom. The number of rotatable bonds is 11. The molecule has 0 saturated carbocycles. The quantitative estimate of drug-likeness (QED) is 0.159. The number of halogens is 2. The van der Waals surface area contributed by atoms with E-state index in [9.17, 15) is 19.2 Å². The third-order valence-electron chi connectivity index (χ3n) is 8.15. The molecule has 16 heteroatoms. The first-order valence-corrected chi connectivity index (χ1v) is 17.4. The van der Waals surface area contributed by atoms with Crippen LogP contribution in [0.5, 0.6) is 23.1 Å². The summed E-state index contributed by atoms with van der Waals surface area (Å²) in [4.78, 5) is 55.2. The number of likely N-dealkylation sites (N-methyl/N-ethyl adjacent to an activating group) is 1. The molecule has 2 aliphatic rings. The molecule has 54 heavy (non-hydrogen) atoms. The fourth-order valence-corrected chi connectivity index (χ4v) is 5.68. The lowest BCUT2D eigenvalue weighted by Crippen LogP contribution is -2.50. The van der Waals surface area contributed by atoms with Crippen LogP contribution < -0.4 is 24.4 Å². The maximum Gasteiger partial charge on any atom is 0.328 e. The van der Waals surface area contributed by atoms with Crippen LogP contribution in [0.2, 0.25) is 10.0 Å². The number of fused-ring (bicyclic) bond motifs is 1. The van der Waals surface area contributed by atoms with Gasteiger partial charge in [-0.05, 0) is 66.2 Å². The molecule has 3 heterocycles. The van der Waals surface area contributed by atoms with Gasteiger partial charge in [-0.1, -0.05) is 29.3 Å². The van der Waals surface area contributed by atoms with Crippen molar-refractivity contribution in [2.45, 2.75) is 6.54 Å². The van der Waals surface area contributed by atoms with E-state index in [1.54, 1.807) is 24.3 Å². The predicted octanol–water partition coefficient (Wildman–Crippen LogP) is 5.70. The molecule has 14 nitrogen and oxygen atoms in total. The molecule has 0 radical (unpaired) electrons. The van der Waals surface area contributed by atoms with E-state index in [4.69, 9.17) is 47.6 Å². The Kier molecular flexibility index (Phi) is 13.7. The van der Waals surface area contributed by atoms with Gasteiger partial charge in [-0.3, -0.25) is 14.5 Å². The third kappa shape index (κ3) is 11.6. The molecule has 4 aromatic rings. The van der Waals surface area contributed by atoms with Gasteiger partial charge in [0, 0.05) is 69.2 Å². The van der Waals surface area contributed by atoms with E-state index in [2.05, 4.69) is 21.3 Å². The summed E-state index contributed by atoms with van der Waals surface area (Å²) in [5, 5.41) is 19.1. The number of benzene rings is 3. The molecular weight excluding hydrogens is 741 g/mol. The molecule has 1 aromatic heterocycles. The van der Waals surface area contributed by atoms with Crippen molar-refractivity contribution in [1.29, 1.82) is 0 Å². The highest BCUT2D eigenvalue weighted by Crippen LogP contribution is 2.31. The normalized spacial score (nSPS) is 13.7. The van der Waals surface area contributed by atoms with Gasteiger partial charge in [-0.15, -0.1) is 0 Å². The number of carboxylic acid groups (broad SMARTS) is 2. The summed E-state index contributed by atoms with van der Waals surface area (Å²) in [7, 11) is 1.90. The Labute approximate surface area is 321 Å². The van der Waals surface area contributed by atoms with Crippen LogP contribution in [0.4, 0.5) is 11.4 Å². The fourth-order valence-electron chi connectivity index (χ4n) is 5.38.